The minimum absolute atomic E-state index is 0.189. The number of ether oxygens (including phenoxy) is 2. The summed E-state index contributed by atoms with van der Waals surface area (Å²) in [4.78, 5) is 26.3. The Hall–Kier alpha value is -2.08. The summed E-state index contributed by atoms with van der Waals surface area (Å²) >= 11 is 0. The molecule has 1 N–H and O–H groups in total. The molecule has 1 aromatic carbocycles. The summed E-state index contributed by atoms with van der Waals surface area (Å²) in [6.45, 7) is 5.02. The fourth-order valence-corrected chi connectivity index (χ4v) is 3.60. The third-order valence-corrected chi connectivity index (χ3v) is 5.24. The van der Waals surface area contributed by atoms with Gasteiger partial charge in [-0.1, -0.05) is 6.92 Å². The molecule has 0 aliphatic carbocycles. The number of amides is 2. The highest BCUT2D eigenvalue weighted by atomic mass is 16.5. The molecular weight excluding hydrogens is 332 g/mol. The van der Waals surface area contributed by atoms with E-state index in [9.17, 15) is 9.59 Å². The van der Waals surface area contributed by atoms with Crippen LogP contribution in [0.2, 0.25) is 0 Å². The van der Waals surface area contributed by atoms with Gasteiger partial charge in [0, 0.05) is 31.5 Å². The number of anilines is 1. The Kier molecular flexibility index (Phi) is 6.50. The van der Waals surface area contributed by atoms with Crippen molar-refractivity contribution in [2.24, 2.45) is 5.92 Å². The summed E-state index contributed by atoms with van der Waals surface area (Å²) in [6, 6.07) is 7.38. The summed E-state index contributed by atoms with van der Waals surface area (Å²) in [7, 11) is 0. The number of likely N-dealkylation sites (tertiary alicyclic amines) is 1. The van der Waals surface area contributed by atoms with E-state index in [1.165, 1.54) is 0 Å². The zero-order valence-electron chi connectivity index (χ0n) is 15.4. The van der Waals surface area contributed by atoms with Crippen LogP contribution in [0.25, 0.3) is 0 Å². The third-order valence-electron chi connectivity index (χ3n) is 5.24. The highest BCUT2D eigenvalue weighted by Crippen LogP contribution is 2.22. The first-order valence-corrected chi connectivity index (χ1v) is 9.60. The number of nitrogens with zero attached hydrogens (tertiary/aromatic N) is 1. The number of carbonyl (C=O) groups is 2. The van der Waals surface area contributed by atoms with E-state index in [4.69, 9.17) is 9.47 Å². The lowest BCUT2D eigenvalue weighted by Gasteiger charge is -2.23. The second-order valence-electron chi connectivity index (χ2n) is 7.05. The van der Waals surface area contributed by atoms with Crippen molar-refractivity contribution in [1.82, 2.24) is 4.90 Å². The second kappa shape index (κ2) is 9.03. The van der Waals surface area contributed by atoms with E-state index in [1.807, 2.05) is 19.1 Å². The maximum atomic E-state index is 12.3. The predicted octanol–water partition coefficient (Wildman–Crippen LogP) is 2.83. The van der Waals surface area contributed by atoms with Gasteiger partial charge in [0.15, 0.2) is 0 Å². The van der Waals surface area contributed by atoms with Crippen LogP contribution in [0.1, 0.15) is 39.0 Å². The number of carbonyl (C=O) groups excluding carboxylic acids is 2. The molecule has 142 valence electrons. The van der Waals surface area contributed by atoms with Gasteiger partial charge in [0.1, 0.15) is 5.75 Å². The van der Waals surface area contributed by atoms with Crippen molar-refractivity contribution in [3.8, 4) is 5.75 Å². The molecule has 0 unspecified atom stereocenters. The van der Waals surface area contributed by atoms with Gasteiger partial charge in [-0.15, -0.1) is 0 Å². The lowest BCUT2D eigenvalue weighted by molar-refractivity contribution is -0.143. The molecule has 6 heteroatoms. The molecule has 0 aromatic heterocycles. The average Bonchev–Trinajstić information content (AvgIpc) is 3.16. The fourth-order valence-electron chi connectivity index (χ4n) is 3.60. The maximum absolute atomic E-state index is 12.3. The van der Waals surface area contributed by atoms with Crippen molar-refractivity contribution < 1.29 is 19.1 Å². The SMILES string of the molecule is CC[C@@H]1CCCN1C(=O)C(=O)Nc1ccc(OCC2CCOCC2)cc1. The molecule has 1 atom stereocenters. The average molecular weight is 360 g/mol. The zero-order valence-corrected chi connectivity index (χ0v) is 15.4. The highest BCUT2D eigenvalue weighted by molar-refractivity contribution is 6.39. The number of hydrogen-bond acceptors (Lipinski definition) is 4. The highest BCUT2D eigenvalue weighted by Gasteiger charge is 2.31. The number of benzene rings is 1. The lowest BCUT2D eigenvalue weighted by Crippen LogP contribution is -2.42. The first-order chi connectivity index (χ1) is 12.7. The van der Waals surface area contributed by atoms with Crippen LogP contribution in [-0.4, -0.2) is 49.1 Å². The van der Waals surface area contributed by atoms with Gasteiger partial charge >= 0.3 is 11.8 Å². The normalized spacial score (nSPS) is 20.8. The third kappa shape index (κ3) is 4.75. The summed E-state index contributed by atoms with van der Waals surface area (Å²) in [6.07, 6.45) is 4.90. The Labute approximate surface area is 154 Å². The molecule has 2 heterocycles. The number of hydrogen-bond donors (Lipinski definition) is 1. The van der Waals surface area contributed by atoms with E-state index < -0.39 is 11.8 Å². The quantitative estimate of drug-likeness (QED) is 0.820. The molecule has 0 bridgehead atoms. The van der Waals surface area contributed by atoms with Crippen LogP contribution in [0.3, 0.4) is 0 Å². The van der Waals surface area contributed by atoms with E-state index >= 15 is 0 Å². The summed E-state index contributed by atoms with van der Waals surface area (Å²) < 4.78 is 11.2. The molecular formula is C20H28N2O4. The van der Waals surface area contributed by atoms with Gasteiger partial charge in [-0.05, 0) is 62.3 Å². The van der Waals surface area contributed by atoms with E-state index in [0.717, 1.165) is 51.1 Å². The van der Waals surface area contributed by atoms with E-state index in [2.05, 4.69) is 5.32 Å². The predicted molar refractivity (Wildman–Crippen MR) is 99.1 cm³/mol. The van der Waals surface area contributed by atoms with Gasteiger partial charge < -0.3 is 19.7 Å². The van der Waals surface area contributed by atoms with Gasteiger partial charge in [0.25, 0.3) is 0 Å². The van der Waals surface area contributed by atoms with Crippen molar-refractivity contribution in [1.29, 1.82) is 0 Å². The Morgan fingerprint density at radius 2 is 1.92 bits per heavy atom. The molecule has 1 aromatic rings. The van der Waals surface area contributed by atoms with Crippen molar-refractivity contribution >= 4 is 17.5 Å². The molecule has 0 radical (unpaired) electrons. The monoisotopic (exact) mass is 360 g/mol. The van der Waals surface area contributed by atoms with Crippen molar-refractivity contribution in [3.63, 3.8) is 0 Å². The van der Waals surface area contributed by atoms with Crippen molar-refractivity contribution in [2.45, 2.75) is 45.1 Å². The minimum atomic E-state index is -0.568. The molecule has 2 saturated heterocycles. The fraction of sp³-hybridized carbons (Fsp3) is 0.600. The number of nitrogens with one attached hydrogen (secondary N) is 1. The largest absolute Gasteiger partial charge is 0.493 e. The van der Waals surface area contributed by atoms with E-state index in [1.54, 1.807) is 17.0 Å². The van der Waals surface area contributed by atoms with Gasteiger partial charge in [0.05, 0.1) is 6.61 Å². The molecule has 2 aliphatic heterocycles. The Morgan fingerprint density at radius 1 is 1.19 bits per heavy atom. The second-order valence-corrected chi connectivity index (χ2v) is 7.05. The van der Waals surface area contributed by atoms with Crippen LogP contribution >= 0.6 is 0 Å². The molecule has 3 rings (SSSR count). The van der Waals surface area contributed by atoms with Crippen molar-refractivity contribution in [2.75, 3.05) is 31.7 Å². The standard InChI is InChI=1S/C20H28N2O4/c1-2-17-4-3-11-22(17)20(24)19(23)21-16-5-7-18(8-6-16)26-14-15-9-12-25-13-10-15/h5-8,15,17H,2-4,9-14H2,1H3,(H,21,23)/t17-/m1/s1. The van der Waals surface area contributed by atoms with Crippen LogP contribution in [0.5, 0.6) is 5.75 Å². The zero-order chi connectivity index (χ0) is 18.4. The van der Waals surface area contributed by atoms with Crippen molar-refractivity contribution in [3.05, 3.63) is 24.3 Å². The van der Waals surface area contributed by atoms with Crippen LogP contribution in [0.4, 0.5) is 5.69 Å². The van der Waals surface area contributed by atoms with Crippen LogP contribution in [0.15, 0.2) is 24.3 Å². The van der Waals surface area contributed by atoms with Gasteiger partial charge in [0.2, 0.25) is 0 Å². The van der Waals surface area contributed by atoms with Crippen LogP contribution < -0.4 is 10.1 Å². The van der Waals surface area contributed by atoms with E-state index in [0.29, 0.717) is 24.8 Å². The lowest BCUT2D eigenvalue weighted by atomic mass is 10.0. The Balaban J connectivity index is 1.48. The first-order valence-electron chi connectivity index (χ1n) is 9.60. The topological polar surface area (TPSA) is 67.9 Å². The van der Waals surface area contributed by atoms with Crippen LogP contribution in [-0.2, 0) is 14.3 Å². The summed E-state index contributed by atoms with van der Waals surface area (Å²) in [5.74, 6) is 0.301. The van der Waals surface area contributed by atoms with Gasteiger partial charge in [-0.3, -0.25) is 9.59 Å². The molecule has 6 nitrogen and oxygen atoms in total. The first kappa shape index (κ1) is 18.7. The summed E-state index contributed by atoms with van der Waals surface area (Å²) in [5.41, 5.74) is 0.606. The smallest absolute Gasteiger partial charge is 0.313 e. The van der Waals surface area contributed by atoms with Crippen LogP contribution in [0, 0.1) is 5.92 Å². The maximum Gasteiger partial charge on any atom is 0.313 e. The molecule has 2 amide bonds. The molecule has 26 heavy (non-hydrogen) atoms. The van der Waals surface area contributed by atoms with E-state index in [-0.39, 0.29) is 6.04 Å². The Bertz CT molecular complexity index is 611. The molecule has 0 spiro atoms. The minimum Gasteiger partial charge on any atom is -0.493 e. The molecule has 2 aliphatic rings. The molecule has 2 fully saturated rings. The number of rotatable bonds is 5. The summed E-state index contributed by atoms with van der Waals surface area (Å²) in [5, 5.41) is 2.69. The molecule has 0 saturated carbocycles. The Morgan fingerprint density at radius 3 is 2.62 bits per heavy atom. The van der Waals surface area contributed by atoms with Gasteiger partial charge in [-0.2, -0.15) is 0 Å². The van der Waals surface area contributed by atoms with Gasteiger partial charge in [-0.25, -0.2) is 0 Å².